The third-order valence-electron chi connectivity index (χ3n) is 2.96. The van der Waals surface area contributed by atoms with Gasteiger partial charge < -0.3 is 5.32 Å². The molecular weight excluding hydrogens is 429 g/mol. The number of aromatic nitrogens is 2. The van der Waals surface area contributed by atoms with Crippen LogP contribution in [0.1, 0.15) is 25.1 Å². The number of rotatable bonds is 4. The molecule has 0 fully saturated rings. The maximum absolute atomic E-state index is 4.71. The van der Waals surface area contributed by atoms with Gasteiger partial charge in [0.05, 0.1) is 9.26 Å². The summed E-state index contributed by atoms with van der Waals surface area (Å²) < 4.78 is 2.14. The molecular formula is C15H17BrIN3. The summed E-state index contributed by atoms with van der Waals surface area (Å²) in [6, 6.07) is 6.24. The molecule has 0 bridgehead atoms. The highest BCUT2D eigenvalue weighted by atomic mass is 127. The lowest BCUT2D eigenvalue weighted by Crippen LogP contribution is -2.07. The Hall–Kier alpha value is -0.690. The number of benzene rings is 1. The van der Waals surface area contributed by atoms with E-state index >= 15 is 0 Å². The zero-order chi connectivity index (χ0) is 14.7. The van der Waals surface area contributed by atoms with Crippen molar-refractivity contribution in [1.82, 2.24) is 9.97 Å². The predicted octanol–water partition coefficient (Wildman–Crippen LogP) is 4.81. The van der Waals surface area contributed by atoms with Crippen molar-refractivity contribution in [1.29, 1.82) is 0 Å². The van der Waals surface area contributed by atoms with E-state index in [2.05, 4.69) is 87.8 Å². The Morgan fingerprint density at radius 2 is 2.00 bits per heavy atom. The van der Waals surface area contributed by atoms with Crippen LogP contribution in [0, 0.1) is 10.5 Å². The summed E-state index contributed by atoms with van der Waals surface area (Å²) in [4.78, 5) is 9.38. The first-order valence-electron chi connectivity index (χ1n) is 6.63. The largest absolute Gasteiger partial charge is 0.369 e. The molecule has 0 atom stereocenters. The molecule has 5 heteroatoms. The molecule has 0 saturated heterocycles. The Kier molecular flexibility index (Phi) is 5.37. The highest BCUT2D eigenvalue weighted by molar-refractivity contribution is 14.1. The van der Waals surface area contributed by atoms with Crippen LogP contribution < -0.4 is 5.32 Å². The van der Waals surface area contributed by atoms with Gasteiger partial charge in [0.15, 0.2) is 5.82 Å². The molecule has 1 heterocycles. The van der Waals surface area contributed by atoms with Crippen LogP contribution in [-0.4, -0.2) is 16.5 Å². The maximum atomic E-state index is 4.71. The number of hydrogen-bond donors (Lipinski definition) is 1. The predicted molar refractivity (Wildman–Crippen MR) is 96.2 cm³/mol. The van der Waals surface area contributed by atoms with Crippen LogP contribution in [0.25, 0.3) is 11.4 Å². The minimum absolute atomic E-state index is 0.769. The fourth-order valence-corrected chi connectivity index (χ4v) is 3.42. The Labute approximate surface area is 141 Å². The highest BCUT2D eigenvalue weighted by Gasteiger charge is 2.13. The van der Waals surface area contributed by atoms with Gasteiger partial charge in [0, 0.05) is 16.6 Å². The molecule has 20 heavy (non-hydrogen) atoms. The second-order valence-corrected chi connectivity index (χ2v) is 6.46. The zero-order valence-corrected chi connectivity index (χ0v) is 15.5. The van der Waals surface area contributed by atoms with Gasteiger partial charge in [-0.05, 0) is 60.6 Å². The fraction of sp³-hybridized carbons (Fsp3) is 0.333. The van der Waals surface area contributed by atoms with E-state index in [1.807, 2.05) is 0 Å². The number of halogens is 2. The van der Waals surface area contributed by atoms with Crippen LogP contribution in [0.4, 0.5) is 5.82 Å². The van der Waals surface area contributed by atoms with Gasteiger partial charge in [-0.25, -0.2) is 9.97 Å². The standard InChI is InChI=1S/C15H17BrIN3/c1-4-12-13(17)15(18-5-2)20-14(19-12)10-7-6-9(3)8-11(10)16/h6-8H,4-5H2,1-3H3,(H,18,19,20). The first-order chi connectivity index (χ1) is 9.56. The summed E-state index contributed by atoms with van der Waals surface area (Å²) in [6.45, 7) is 7.12. The SMILES string of the molecule is CCNc1nc(-c2ccc(C)cc2Br)nc(CC)c1I. The number of anilines is 1. The van der Waals surface area contributed by atoms with E-state index in [1.54, 1.807) is 0 Å². The Morgan fingerprint density at radius 3 is 2.60 bits per heavy atom. The van der Waals surface area contributed by atoms with Crippen LogP contribution in [-0.2, 0) is 6.42 Å². The van der Waals surface area contributed by atoms with E-state index in [-0.39, 0.29) is 0 Å². The summed E-state index contributed by atoms with van der Waals surface area (Å²) in [5, 5.41) is 3.32. The molecule has 1 N–H and O–H groups in total. The number of aryl methyl sites for hydroxylation is 2. The van der Waals surface area contributed by atoms with Crippen LogP contribution in [0.2, 0.25) is 0 Å². The average Bonchev–Trinajstić information content (AvgIpc) is 2.41. The van der Waals surface area contributed by atoms with Crippen molar-refractivity contribution in [2.45, 2.75) is 27.2 Å². The molecule has 0 spiro atoms. The lowest BCUT2D eigenvalue weighted by atomic mass is 10.1. The molecule has 0 aliphatic rings. The third-order valence-corrected chi connectivity index (χ3v) is 4.75. The first-order valence-corrected chi connectivity index (χ1v) is 8.50. The normalized spacial score (nSPS) is 10.7. The van der Waals surface area contributed by atoms with Crippen molar-refractivity contribution in [2.75, 3.05) is 11.9 Å². The van der Waals surface area contributed by atoms with Crippen molar-refractivity contribution in [2.24, 2.45) is 0 Å². The molecule has 1 aromatic heterocycles. The lowest BCUT2D eigenvalue weighted by Gasteiger charge is -2.12. The van der Waals surface area contributed by atoms with Crippen LogP contribution >= 0.6 is 38.5 Å². The molecule has 2 rings (SSSR count). The van der Waals surface area contributed by atoms with Gasteiger partial charge in [-0.1, -0.05) is 28.9 Å². The topological polar surface area (TPSA) is 37.8 Å². The number of hydrogen-bond acceptors (Lipinski definition) is 3. The van der Waals surface area contributed by atoms with Crippen LogP contribution in [0.5, 0.6) is 0 Å². The van der Waals surface area contributed by atoms with E-state index in [0.717, 1.165) is 43.9 Å². The van der Waals surface area contributed by atoms with Gasteiger partial charge in [0.1, 0.15) is 5.82 Å². The maximum Gasteiger partial charge on any atom is 0.162 e. The second-order valence-electron chi connectivity index (χ2n) is 4.52. The summed E-state index contributed by atoms with van der Waals surface area (Å²) in [5.41, 5.74) is 3.33. The molecule has 1 aromatic carbocycles. The lowest BCUT2D eigenvalue weighted by molar-refractivity contribution is 0.982. The summed E-state index contributed by atoms with van der Waals surface area (Å²) in [6.07, 6.45) is 0.898. The Bertz CT molecular complexity index is 629. The quantitative estimate of drug-likeness (QED) is 0.686. The molecule has 3 nitrogen and oxygen atoms in total. The molecule has 106 valence electrons. The van der Waals surface area contributed by atoms with Crippen molar-refractivity contribution in [3.8, 4) is 11.4 Å². The summed E-state index contributed by atoms with van der Waals surface area (Å²) in [5.74, 6) is 1.69. The van der Waals surface area contributed by atoms with E-state index in [4.69, 9.17) is 4.98 Å². The summed E-state index contributed by atoms with van der Waals surface area (Å²) >= 11 is 5.93. The Balaban J connectivity index is 2.58. The monoisotopic (exact) mass is 445 g/mol. The highest BCUT2D eigenvalue weighted by Crippen LogP contribution is 2.29. The molecule has 0 radical (unpaired) electrons. The fourth-order valence-electron chi connectivity index (χ4n) is 1.93. The van der Waals surface area contributed by atoms with Gasteiger partial charge in [-0.3, -0.25) is 0 Å². The van der Waals surface area contributed by atoms with Crippen LogP contribution in [0.15, 0.2) is 22.7 Å². The first kappa shape index (κ1) is 15.7. The van der Waals surface area contributed by atoms with E-state index in [9.17, 15) is 0 Å². The van der Waals surface area contributed by atoms with E-state index in [1.165, 1.54) is 5.56 Å². The van der Waals surface area contributed by atoms with Crippen molar-refractivity contribution < 1.29 is 0 Å². The molecule has 0 aliphatic heterocycles. The van der Waals surface area contributed by atoms with Gasteiger partial charge in [0.2, 0.25) is 0 Å². The Morgan fingerprint density at radius 1 is 1.25 bits per heavy atom. The summed E-state index contributed by atoms with van der Waals surface area (Å²) in [7, 11) is 0. The van der Waals surface area contributed by atoms with E-state index in [0.29, 0.717) is 0 Å². The van der Waals surface area contributed by atoms with Crippen LogP contribution in [0.3, 0.4) is 0 Å². The molecule has 0 amide bonds. The molecule has 0 aliphatic carbocycles. The number of nitrogens with zero attached hydrogens (tertiary/aromatic N) is 2. The third kappa shape index (κ3) is 3.31. The van der Waals surface area contributed by atoms with Gasteiger partial charge in [0.25, 0.3) is 0 Å². The van der Waals surface area contributed by atoms with Gasteiger partial charge in [-0.2, -0.15) is 0 Å². The molecule has 2 aromatic rings. The van der Waals surface area contributed by atoms with Crippen molar-refractivity contribution in [3.63, 3.8) is 0 Å². The van der Waals surface area contributed by atoms with Gasteiger partial charge >= 0.3 is 0 Å². The van der Waals surface area contributed by atoms with Gasteiger partial charge in [-0.15, -0.1) is 0 Å². The average molecular weight is 446 g/mol. The second kappa shape index (κ2) is 6.85. The van der Waals surface area contributed by atoms with Crippen molar-refractivity contribution >= 4 is 44.3 Å². The number of nitrogens with one attached hydrogen (secondary N) is 1. The smallest absolute Gasteiger partial charge is 0.162 e. The zero-order valence-electron chi connectivity index (χ0n) is 11.8. The minimum atomic E-state index is 0.769. The molecule has 0 saturated carbocycles. The van der Waals surface area contributed by atoms with Crippen molar-refractivity contribution in [3.05, 3.63) is 37.5 Å². The molecule has 0 unspecified atom stereocenters. The van der Waals surface area contributed by atoms with E-state index < -0.39 is 0 Å². The minimum Gasteiger partial charge on any atom is -0.369 e.